The fourth-order valence-electron chi connectivity index (χ4n) is 3.26. The predicted molar refractivity (Wildman–Crippen MR) is 105 cm³/mol. The number of nitrogens with zero attached hydrogens (tertiary/aromatic N) is 2. The number of ether oxygens (including phenoxy) is 1. The number of hydrogen-bond acceptors (Lipinski definition) is 6. The second kappa shape index (κ2) is 9.13. The van der Waals surface area contributed by atoms with Crippen LogP contribution in [-0.2, 0) is 26.1 Å². The lowest BCUT2D eigenvalue weighted by atomic mass is 10.1. The van der Waals surface area contributed by atoms with E-state index < -0.39 is 10.0 Å². The van der Waals surface area contributed by atoms with Gasteiger partial charge in [-0.1, -0.05) is 18.2 Å². The molecule has 0 aliphatic carbocycles. The summed E-state index contributed by atoms with van der Waals surface area (Å²) in [5.74, 6) is -0.661. The fourth-order valence-corrected chi connectivity index (χ4v) is 5.87. The molecule has 1 unspecified atom stereocenters. The highest BCUT2D eigenvalue weighted by molar-refractivity contribution is 7.91. The number of hydrogen-bond donors (Lipinski definition) is 0. The van der Waals surface area contributed by atoms with Crippen molar-refractivity contribution in [2.75, 3.05) is 26.2 Å². The van der Waals surface area contributed by atoms with Gasteiger partial charge in [0.1, 0.15) is 10.0 Å². The molecule has 1 saturated heterocycles. The number of halogens is 1. The molecule has 2 aromatic rings. The largest absolute Gasteiger partial charge is 0.466 e. The maximum Gasteiger partial charge on any atom is 0.307 e. The Morgan fingerprint density at radius 2 is 2.00 bits per heavy atom. The van der Waals surface area contributed by atoms with Crippen molar-refractivity contribution in [1.29, 1.82) is 0 Å². The lowest BCUT2D eigenvalue weighted by Crippen LogP contribution is -2.54. The van der Waals surface area contributed by atoms with Crippen LogP contribution in [-0.4, -0.2) is 55.9 Å². The first kappa shape index (κ1) is 20.9. The highest BCUT2D eigenvalue weighted by Crippen LogP contribution is 2.25. The maximum atomic E-state index is 13.2. The van der Waals surface area contributed by atoms with Crippen LogP contribution in [0.25, 0.3) is 0 Å². The molecule has 0 amide bonds. The first-order chi connectivity index (χ1) is 13.4. The third kappa shape index (κ3) is 4.96. The number of rotatable bonds is 7. The van der Waals surface area contributed by atoms with Gasteiger partial charge in [0.15, 0.2) is 0 Å². The van der Waals surface area contributed by atoms with Gasteiger partial charge in [0.25, 0.3) is 10.0 Å². The molecule has 9 heteroatoms. The SMILES string of the molecule is CCOC(=O)CC1CN(S(=O)(=O)c2cccs2)CCN1Cc1ccc(F)cc1. The number of sulfonamides is 1. The zero-order valence-electron chi connectivity index (χ0n) is 15.6. The lowest BCUT2D eigenvalue weighted by Gasteiger charge is -2.40. The highest BCUT2D eigenvalue weighted by Gasteiger charge is 2.35. The molecule has 0 N–H and O–H groups in total. The molecule has 1 aromatic carbocycles. The van der Waals surface area contributed by atoms with Crippen LogP contribution in [0.5, 0.6) is 0 Å². The Kier molecular flexibility index (Phi) is 6.82. The Labute approximate surface area is 168 Å². The van der Waals surface area contributed by atoms with E-state index in [0.717, 1.165) is 5.56 Å². The molecule has 6 nitrogen and oxygen atoms in total. The number of benzene rings is 1. The molecule has 1 aliphatic heterocycles. The van der Waals surface area contributed by atoms with Gasteiger partial charge >= 0.3 is 5.97 Å². The Balaban J connectivity index is 1.77. The minimum absolute atomic E-state index is 0.103. The molecule has 1 atom stereocenters. The van der Waals surface area contributed by atoms with Gasteiger partial charge in [0, 0.05) is 32.2 Å². The molecule has 3 rings (SSSR count). The van der Waals surface area contributed by atoms with Crippen LogP contribution in [0, 0.1) is 5.82 Å². The molecule has 1 aliphatic rings. The van der Waals surface area contributed by atoms with Crippen molar-refractivity contribution in [1.82, 2.24) is 9.21 Å². The second-order valence-electron chi connectivity index (χ2n) is 6.56. The van der Waals surface area contributed by atoms with Crippen molar-refractivity contribution in [3.63, 3.8) is 0 Å². The zero-order chi connectivity index (χ0) is 20.1. The molecular formula is C19H23FN2O4S2. The minimum Gasteiger partial charge on any atom is -0.466 e. The van der Waals surface area contributed by atoms with E-state index >= 15 is 0 Å². The molecule has 2 heterocycles. The van der Waals surface area contributed by atoms with E-state index in [0.29, 0.717) is 23.8 Å². The summed E-state index contributed by atoms with van der Waals surface area (Å²) in [7, 11) is -3.58. The van der Waals surface area contributed by atoms with Crippen LogP contribution in [0.15, 0.2) is 46.0 Å². The third-order valence-electron chi connectivity index (χ3n) is 4.66. The monoisotopic (exact) mass is 426 g/mol. The molecular weight excluding hydrogens is 403 g/mol. The third-order valence-corrected chi connectivity index (χ3v) is 7.90. The van der Waals surface area contributed by atoms with Gasteiger partial charge in [-0.3, -0.25) is 9.69 Å². The van der Waals surface area contributed by atoms with Crippen molar-refractivity contribution < 1.29 is 22.3 Å². The van der Waals surface area contributed by atoms with E-state index in [4.69, 9.17) is 4.74 Å². The van der Waals surface area contributed by atoms with Crippen LogP contribution < -0.4 is 0 Å². The normalized spacial score (nSPS) is 18.9. The first-order valence-corrected chi connectivity index (χ1v) is 11.4. The highest BCUT2D eigenvalue weighted by atomic mass is 32.2. The summed E-state index contributed by atoms with van der Waals surface area (Å²) in [6.07, 6.45) is 0.103. The smallest absolute Gasteiger partial charge is 0.307 e. The van der Waals surface area contributed by atoms with Gasteiger partial charge in [0.05, 0.1) is 13.0 Å². The molecule has 0 radical (unpaired) electrons. The van der Waals surface area contributed by atoms with E-state index in [9.17, 15) is 17.6 Å². The molecule has 0 bridgehead atoms. The standard InChI is InChI=1S/C19H23FN2O4S2/c1-2-26-18(23)12-17-14-22(28(24,25)19-4-3-11-27-19)10-9-21(17)13-15-5-7-16(20)8-6-15/h3-8,11,17H,2,9-10,12-14H2,1H3. The summed E-state index contributed by atoms with van der Waals surface area (Å²) in [4.78, 5) is 14.1. The predicted octanol–water partition coefficient (Wildman–Crippen LogP) is 2.72. The van der Waals surface area contributed by atoms with Crippen LogP contribution in [0.2, 0.25) is 0 Å². The maximum absolute atomic E-state index is 13.2. The van der Waals surface area contributed by atoms with Crippen molar-refractivity contribution in [3.05, 3.63) is 53.2 Å². The number of carbonyl (C=O) groups excluding carboxylic acids is 1. The number of thiophene rings is 1. The van der Waals surface area contributed by atoms with Gasteiger partial charge in [-0.15, -0.1) is 11.3 Å². The van der Waals surface area contributed by atoms with E-state index in [1.54, 1.807) is 36.6 Å². The van der Waals surface area contributed by atoms with Gasteiger partial charge in [-0.25, -0.2) is 12.8 Å². The van der Waals surface area contributed by atoms with Gasteiger partial charge in [0.2, 0.25) is 0 Å². The molecule has 0 spiro atoms. The topological polar surface area (TPSA) is 66.9 Å². The van der Waals surface area contributed by atoms with Crippen molar-refractivity contribution in [3.8, 4) is 0 Å². The van der Waals surface area contributed by atoms with Crippen molar-refractivity contribution >= 4 is 27.3 Å². The molecule has 152 valence electrons. The summed E-state index contributed by atoms with van der Waals surface area (Å²) in [5.41, 5.74) is 0.907. The van der Waals surface area contributed by atoms with E-state index in [-0.39, 0.29) is 37.4 Å². The Morgan fingerprint density at radius 3 is 2.64 bits per heavy atom. The Bertz CT molecular complexity index is 885. The molecule has 1 aromatic heterocycles. The average molecular weight is 427 g/mol. The molecule has 1 fully saturated rings. The fraction of sp³-hybridized carbons (Fsp3) is 0.421. The first-order valence-electron chi connectivity index (χ1n) is 9.08. The van der Waals surface area contributed by atoms with Crippen LogP contribution in [0.4, 0.5) is 4.39 Å². The summed E-state index contributed by atoms with van der Waals surface area (Å²) < 4.78 is 45.7. The Hall–Kier alpha value is -1.81. The number of piperazine rings is 1. The second-order valence-corrected chi connectivity index (χ2v) is 9.67. The van der Waals surface area contributed by atoms with E-state index in [1.807, 2.05) is 0 Å². The summed E-state index contributed by atoms with van der Waals surface area (Å²) in [6, 6.07) is 9.17. The summed E-state index contributed by atoms with van der Waals surface area (Å²) >= 11 is 1.18. The Morgan fingerprint density at radius 1 is 1.25 bits per heavy atom. The van der Waals surface area contributed by atoms with Crippen LogP contribution in [0.1, 0.15) is 18.9 Å². The molecule has 0 saturated carbocycles. The van der Waals surface area contributed by atoms with Crippen LogP contribution in [0.3, 0.4) is 0 Å². The number of carbonyl (C=O) groups is 1. The quantitative estimate of drug-likeness (QED) is 0.637. The van der Waals surface area contributed by atoms with Gasteiger partial charge in [-0.05, 0) is 36.1 Å². The van der Waals surface area contributed by atoms with Crippen molar-refractivity contribution in [2.45, 2.75) is 30.1 Å². The molecule has 28 heavy (non-hydrogen) atoms. The van der Waals surface area contributed by atoms with Gasteiger partial charge < -0.3 is 4.74 Å². The zero-order valence-corrected chi connectivity index (χ0v) is 17.2. The van der Waals surface area contributed by atoms with Gasteiger partial charge in [-0.2, -0.15) is 4.31 Å². The summed E-state index contributed by atoms with van der Waals surface area (Å²) in [5, 5.41) is 1.73. The minimum atomic E-state index is -3.58. The van der Waals surface area contributed by atoms with Crippen molar-refractivity contribution in [2.24, 2.45) is 0 Å². The average Bonchev–Trinajstić information content (AvgIpc) is 3.20. The van der Waals surface area contributed by atoms with E-state index in [2.05, 4.69) is 4.90 Å². The summed E-state index contributed by atoms with van der Waals surface area (Å²) in [6.45, 7) is 3.55. The van der Waals surface area contributed by atoms with Crippen LogP contribution >= 0.6 is 11.3 Å². The lowest BCUT2D eigenvalue weighted by molar-refractivity contribution is -0.145. The van der Waals surface area contributed by atoms with E-state index in [1.165, 1.54) is 27.8 Å². The number of esters is 1.